The highest BCUT2D eigenvalue weighted by molar-refractivity contribution is 5.86. The van der Waals surface area contributed by atoms with Crippen LogP contribution >= 0.6 is 0 Å². The van der Waals surface area contributed by atoms with E-state index in [1.807, 2.05) is 20.8 Å². The van der Waals surface area contributed by atoms with Crippen molar-refractivity contribution >= 4 is 11.9 Å². The molecular weight excluding hydrogens is 266 g/mol. The van der Waals surface area contributed by atoms with Gasteiger partial charge in [-0.05, 0) is 40.8 Å². The lowest BCUT2D eigenvalue weighted by Crippen LogP contribution is -2.48. The number of hydrogen-bond donors (Lipinski definition) is 3. The highest BCUT2D eigenvalue weighted by Gasteiger charge is 2.13. The second-order valence-electron chi connectivity index (χ2n) is 6.31. The summed E-state index contributed by atoms with van der Waals surface area (Å²) >= 11 is 0. The highest BCUT2D eigenvalue weighted by Crippen LogP contribution is 1.97. The molecule has 21 heavy (non-hydrogen) atoms. The molecule has 1 amide bonds. The van der Waals surface area contributed by atoms with Crippen molar-refractivity contribution in [3.8, 4) is 0 Å². The predicted molar refractivity (Wildman–Crippen MR) is 89.7 cm³/mol. The van der Waals surface area contributed by atoms with Crippen LogP contribution in [0.5, 0.6) is 0 Å². The third-order valence-corrected chi connectivity index (χ3v) is 2.83. The van der Waals surface area contributed by atoms with Gasteiger partial charge < -0.3 is 20.9 Å². The second kappa shape index (κ2) is 10.4. The number of likely N-dealkylation sites (N-methyl/N-ethyl adjacent to an activating group) is 1. The van der Waals surface area contributed by atoms with Gasteiger partial charge in [0.25, 0.3) is 0 Å². The molecule has 0 radical (unpaired) electrons. The summed E-state index contributed by atoms with van der Waals surface area (Å²) in [6, 6.07) is 0. The van der Waals surface area contributed by atoms with Gasteiger partial charge in [0, 0.05) is 25.7 Å². The van der Waals surface area contributed by atoms with Crippen molar-refractivity contribution in [1.29, 1.82) is 0 Å². The van der Waals surface area contributed by atoms with Gasteiger partial charge in [-0.25, -0.2) is 0 Å². The number of amides is 1. The largest absolute Gasteiger partial charge is 0.355 e. The van der Waals surface area contributed by atoms with Gasteiger partial charge in [-0.15, -0.1) is 0 Å². The molecule has 0 spiro atoms. The highest BCUT2D eigenvalue weighted by atomic mass is 16.2. The van der Waals surface area contributed by atoms with Gasteiger partial charge in [0.15, 0.2) is 5.96 Å². The van der Waals surface area contributed by atoms with Crippen molar-refractivity contribution in [1.82, 2.24) is 20.9 Å². The summed E-state index contributed by atoms with van der Waals surface area (Å²) in [5.74, 6) is 0.619. The van der Waals surface area contributed by atoms with E-state index in [9.17, 15) is 4.79 Å². The van der Waals surface area contributed by atoms with Crippen molar-refractivity contribution in [2.45, 2.75) is 46.1 Å². The maximum Gasteiger partial charge on any atom is 0.239 e. The molecule has 0 atom stereocenters. The van der Waals surface area contributed by atoms with E-state index in [0.717, 1.165) is 19.6 Å². The molecule has 0 aromatic rings. The summed E-state index contributed by atoms with van der Waals surface area (Å²) in [7, 11) is 3.82. The molecule has 0 saturated heterocycles. The molecule has 6 nitrogen and oxygen atoms in total. The number of unbranched alkanes of at least 4 members (excludes halogenated alkanes) is 1. The number of guanidine groups is 1. The van der Waals surface area contributed by atoms with Gasteiger partial charge in [0.1, 0.15) is 0 Å². The summed E-state index contributed by atoms with van der Waals surface area (Å²) in [4.78, 5) is 18.1. The average Bonchev–Trinajstić information content (AvgIpc) is 2.38. The first kappa shape index (κ1) is 19.7. The maximum absolute atomic E-state index is 11.7. The van der Waals surface area contributed by atoms with Crippen molar-refractivity contribution < 1.29 is 4.79 Å². The smallest absolute Gasteiger partial charge is 0.239 e. The lowest BCUT2D eigenvalue weighted by molar-refractivity contribution is -0.121. The Morgan fingerprint density at radius 2 is 1.86 bits per heavy atom. The Balaban J connectivity index is 3.89. The fraction of sp³-hybridized carbons (Fsp3) is 0.867. The Bertz CT molecular complexity index is 323. The zero-order valence-corrected chi connectivity index (χ0v) is 14.5. The van der Waals surface area contributed by atoms with E-state index in [2.05, 4.69) is 39.8 Å². The summed E-state index contributed by atoms with van der Waals surface area (Å²) in [6.07, 6.45) is 2.43. The van der Waals surface area contributed by atoms with Crippen molar-refractivity contribution in [3.63, 3.8) is 0 Å². The van der Waals surface area contributed by atoms with E-state index in [4.69, 9.17) is 0 Å². The minimum atomic E-state index is -0.211. The van der Waals surface area contributed by atoms with Crippen LogP contribution in [0.4, 0.5) is 0 Å². The third kappa shape index (κ3) is 12.2. The standard InChI is InChI=1S/C15H33N5O/c1-7-8-10-20(6)11-9-17-14(16-5)18-12-13(21)19-15(2,3)4/h7-12H2,1-6H3,(H,19,21)(H2,16,17,18). The SMILES string of the molecule is CCCCN(C)CCNC(=NC)NCC(=O)NC(C)(C)C. The van der Waals surface area contributed by atoms with Crippen molar-refractivity contribution in [2.75, 3.05) is 40.3 Å². The van der Waals surface area contributed by atoms with Gasteiger partial charge in [-0.2, -0.15) is 0 Å². The van der Waals surface area contributed by atoms with E-state index in [-0.39, 0.29) is 18.0 Å². The van der Waals surface area contributed by atoms with Gasteiger partial charge in [-0.3, -0.25) is 9.79 Å². The van der Waals surface area contributed by atoms with E-state index >= 15 is 0 Å². The summed E-state index contributed by atoms with van der Waals surface area (Å²) in [5.41, 5.74) is -0.211. The molecule has 0 aliphatic heterocycles. The molecule has 0 saturated carbocycles. The van der Waals surface area contributed by atoms with Crippen LogP contribution in [0.15, 0.2) is 4.99 Å². The minimum absolute atomic E-state index is 0.0366. The number of nitrogens with zero attached hydrogens (tertiary/aromatic N) is 2. The predicted octanol–water partition coefficient (Wildman–Crippen LogP) is 0.798. The molecule has 0 bridgehead atoms. The van der Waals surface area contributed by atoms with Crippen LogP contribution in [0.3, 0.4) is 0 Å². The van der Waals surface area contributed by atoms with Crippen molar-refractivity contribution in [3.05, 3.63) is 0 Å². The summed E-state index contributed by atoms with van der Waals surface area (Å²) < 4.78 is 0. The first-order valence-corrected chi connectivity index (χ1v) is 7.72. The molecule has 0 heterocycles. The molecule has 0 fully saturated rings. The monoisotopic (exact) mass is 299 g/mol. The molecule has 6 heteroatoms. The normalized spacial score (nSPS) is 12.4. The van der Waals surface area contributed by atoms with Crippen LogP contribution in [0.2, 0.25) is 0 Å². The van der Waals surface area contributed by atoms with E-state index in [1.54, 1.807) is 7.05 Å². The molecule has 124 valence electrons. The third-order valence-electron chi connectivity index (χ3n) is 2.83. The van der Waals surface area contributed by atoms with Crippen LogP contribution in [-0.4, -0.2) is 62.6 Å². The average molecular weight is 299 g/mol. The Morgan fingerprint density at radius 3 is 2.38 bits per heavy atom. The zero-order chi connectivity index (χ0) is 16.3. The number of carbonyl (C=O) groups is 1. The Morgan fingerprint density at radius 1 is 1.19 bits per heavy atom. The topological polar surface area (TPSA) is 68.8 Å². The number of rotatable bonds is 8. The molecule has 0 unspecified atom stereocenters. The fourth-order valence-electron chi connectivity index (χ4n) is 1.75. The van der Waals surface area contributed by atoms with Gasteiger partial charge in [0.05, 0.1) is 6.54 Å². The van der Waals surface area contributed by atoms with Gasteiger partial charge in [-0.1, -0.05) is 13.3 Å². The first-order chi connectivity index (χ1) is 9.78. The minimum Gasteiger partial charge on any atom is -0.355 e. The first-order valence-electron chi connectivity index (χ1n) is 7.72. The van der Waals surface area contributed by atoms with E-state index in [1.165, 1.54) is 12.8 Å². The summed E-state index contributed by atoms with van der Waals surface area (Å²) in [6.45, 7) is 11.2. The quantitative estimate of drug-likeness (QED) is 0.458. The number of carbonyl (C=O) groups excluding carboxylic acids is 1. The van der Waals surface area contributed by atoms with Gasteiger partial charge >= 0.3 is 0 Å². The van der Waals surface area contributed by atoms with Crippen LogP contribution in [0.1, 0.15) is 40.5 Å². The molecular formula is C15H33N5O. The number of nitrogens with one attached hydrogen (secondary N) is 3. The Labute approximate surface area is 129 Å². The fourth-order valence-corrected chi connectivity index (χ4v) is 1.75. The number of hydrogen-bond acceptors (Lipinski definition) is 3. The number of aliphatic imine (C=N–C) groups is 1. The van der Waals surface area contributed by atoms with E-state index < -0.39 is 0 Å². The second-order valence-corrected chi connectivity index (χ2v) is 6.31. The molecule has 0 rings (SSSR count). The van der Waals surface area contributed by atoms with Crippen molar-refractivity contribution in [2.24, 2.45) is 4.99 Å². The lowest BCUT2D eigenvalue weighted by atomic mass is 10.1. The molecule has 0 aromatic carbocycles. The molecule has 0 aliphatic rings. The Hall–Kier alpha value is -1.30. The molecule has 3 N–H and O–H groups in total. The molecule has 0 aliphatic carbocycles. The van der Waals surface area contributed by atoms with Gasteiger partial charge in [0.2, 0.25) is 5.91 Å². The van der Waals surface area contributed by atoms with Crippen LogP contribution in [0, 0.1) is 0 Å². The lowest BCUT2D eigenvalue weighted by Gasteiger charge is -2.21. The van der Waals surface area contributed by atoms with Crippen LogP contribution in [-0.2, 0) is 4.79 Å². The van der Waals surface area contributed by atoms with Crippen LogP contribution in [0.25, 0.3) is 0 Å². The van der Waals surface area contributed by atoms with Crippen LogP contribution < -0.4 is 16.0 Å². The maximum atomic E-state index is 11.7. The summed E-state index contributed by atoms with van der Waals surface area (Å²) in [5, 5.41) is 9.13. The molecule has 0 aromatic heterocycles. The Kier molecular flexibility index (Phi) is 9.78. The zero-order valence-electron chi connectivity index (χ0n) is 14.5. The van der Waals surface area contributed by atoms with E-state index in [0.29, 0.717) is 5.96 Å².